The summed E-state index contributed by atoms with van der Waals surface area (Å²) in [6, 6.07) is 5.88. The molecule has 0 spiro atoms. The molecule has 0 unspecified atom stereocenters. The zero-order chi connectivity index (χ0) is 10.8. The van der Waals surface area contributed by atoms with Gasteiger partial charge in [0.15, 0.2) is 6.29 Å². The Labute approximate surface area is 108 Å². The van der Waals surface area contributed by atoms with Crippen LogP contribution in [0.1, 0.15) is 9.67 Å². The monoisotopic (exact) mass is 345 g/mol. The molecule has 1 aromatic carbocycles. The Morgan fingerprint density at radius 3 is 2.67 bits per heavy atom. The van der Waals surface area contributed by atoms with Gasteiger partial charge in [-0.2, -0.15) is 0 Å². The van der Waals surface area contributed by atoms with Crippen LogP contribution in [0.4, 0.5) is 0 Å². The second kappa shape index (κ2) is 4.55. The molecule has 0 N–H and O–H groups in total. The smallest absolute Gasteiger partial charge is 0.161 e. The van der Waals surface area contributed by atoms with Crippen LogP contribution in [-0.4, -0.2) is 11.3 Å². The van der Waals surface area contributed by atoms with E-state index in [1.165, 1.54) is 11.3 Å². The van der Waals surface area contributed by atoms with E-state index < -0.39 is 0 Å². The zero-order valence-corrected chi connectivity index (χ0v) is 11.4. The average molecular weight is 347 g/mol. The van der Waals surface area contributed by atoms with Crippen molar-refractivity contribution >= 4 is 49.5 Å². The Hall–Kier alpha value is -0.520. The minimum atomic E-state index is 0.643. The lowest BCUT2D eigenvalue weighted by Gasteiger charge is -1.99. The summed E-state index contributed by atoms with van der Waals surface area (Å²) in [5.41, 5.74) is 1.00. The molecule has 1 aromatic heterocycles. The highest BCUT2D eigenvalue weighted by molar-refractivity contribution is 9.13. The molecule has 0 radical (unpaired) electrons. The van der Waals surface area contributed by atoms with E-state index in [9.17, 15) is 4.79 Å². The van der Waals surface area contributed by atoms with Crippen molar-refractivity contribution in [3.63, 3.8) is 0 Å². The second-order valence-electron chi connectivity index (χ2n) is 2.81. The second-order valence-corrected chi connectivity index (χ2v) is 5.59. The lowest BCUT2D eigenvalue weighted by molar-refractivity contribution is 0.112. The third-order valence-electron chi connectivity index (χ3n) is 1.81. The Bertz CT molecular complexity index is 510. The summed E-state index contributed by atoms with van der Waals surface area (Å²) >= 11 is 8.21. The predicted octanol–water partition coefficient (Wildman–Crippen LogP) is 4.15. The van der Waals surface area contributed by atoms with Gasteiger partial charge in [-0.1, -0.05) is 6.07 Å². The van der Waals surface area contributed by atoms with Gasteiger partial charge in [0.25, 0.3) is 0 Å². The number of halogens is 2. The Morgan fingerprint density at radius 2 is 2.07 bits per heavy atom. The van der Waals surface area contributed by atoms with E-state index in [0.29, 0.717) is 4.88 Å². The van der Waals surface area contributed by atoms with E-state index in [1.807, 2.05) is 18.2 Å². The Kier molecular flexibility index (Phi) is 3.33. The molecule has 2 aromatic rings. The third-order valence-corrected chi connectivity index (χ3v) is 4.66. The van der Waals surface area contributed by atoms with Gasteiger partial charge in [0.05, 0.1) is 4.88 Å². The molecule has 0 saturated carbocycles. The predicted molar refractivity (Wildman–Crippen MR) is 68.3 cm³/mol. The number of carbonyl (C=O) groups is 1. The number of hydrogen-bond donors (Lipinski definition) is 0. The van der Waals surface area contributed by atoms with E-state index >= 15 is 0 Å². The fourth-order valence-corrected chi connectivity index (χ4v) is 2.46. The first kappa shape index (κ1) is 11.0. The Balaban J connectivity index is 2.44. The lowest BCUT2D eigenvalue weighted by Crippen LogP contribution is -1.76. The van der Waals surface area contributed by atoms with Gasteiger partial charge in [-0.25, -0.2) is 4.98 Å². The highest BCUT2D eigenvalue weighted by Gasteiger charge is 2.05. The summed E-state index contributed by atoms with van der Waals surface area (Å²) in [5, 5.41) is 0.852. The SMILES string of the molecule is O=Cc1cnc(-c2ccc(Br)c(Br)c2)s1. The molecule has 0 aliphatic carbocycles. The van der Waals surface area contributed by atoms with Crippen LogP contribution in [0.2, 0.25) is 0 Å². The average Bonchev–Trinajstić information content (AvgIpc) is 2.70. The Morgan fingerprint density at radius 1 is 1.27 bits per heavy atom. The number of thiazole rings is 1. The fourth-order valence-electron chi connectivity index (χ4n) is 1.10. The lowest BCUT2D eigenvalue weighted by atomic mass is 10.2. The number of aromatic nitrogens is 1. The maximum Gasteiger partial charge on any atom is 0.161 e. The number of benzene rings is 1. The molecule has 0 saturated heterocycles. The van der Waals surface area contributed by atoms with Gasteiger partial charge < -0.3 is 0 Å². The normalized spacial score (nSPS) is 10.3. The van der Waals surface area contributed by atoms with Crippen LogP contribution in [0.15, 0.2) is 33.3 Å². The van der Waals surface area contributed by atoms with E-state index in [-0.39, 0.29) is 0 Å². The van der Waals surface area contributed by atoms with Crippen molar-refractivity contribution in [3.05, 3.63) is 38.2 Å². The summed E-state index contributed by atoms with van der Waals surface area (Å²) in [4.78, 5) is 15.3. The van der Waals surface area contributed by atoms with Crippen LogP contribution >= 0.6 is 43.2 Å². The number of rotatable bonds is 2. The highest BCUT2D eigenvalue weighted by atomic mass is 79.9. The molecular formula is C10H5Br2NOS. The van der Waals surface area contributed by atoms with Crippen LogP contribution in [0, 0.1) is 0 Å². The fraction of sp³-hybridized carbons (Fsp3) is 0. The van der Waals surface area contributed by atoms with Crippen LogP contribution in [-0.2, 0) is 0 Å². The first-order valence-corrected chi connectivity index (χ1v) is 6.47. The van der Waals surface area contributed by atoms with Gasteiger partial charge in [0.2, 0.25) is 0 Å². The van der Waals surface area contributed by atoms with Crippen molar-refractivity contribution in [3.8, 4) is 10.6 Å². The molecule has 0 atom stereocenters. The van der Waals surface area contributed by atoms with Gasteiger partial charge in [0, 0.05) is 20.7 Å². The number of carbonyl (C=O) groups excluding carboxylic acids is 1. The van der Waals surface area contributed by atoms with Gasteiger partial charge >= 0.3 is 0 Å². The van der Waals surface area contributed by atoms with E-state index in [1.54, 1.807) is 6.20 Å². The summed E-state index contributed by atoms with van der Waals surface area (Å²) < 4.78 is 1.97. The maximum absolute atomic E-state index is 10.5. The molecule has 2 nitrogen and oxygen atoms in total. The van der Waals surface area contributed by atoms with Crippen LogP contribution in [0.3, 0.4) is 0 Å². The minimum absolute atomic E-state index is 0.643. The van der Waals surface area contributed by atoms with Crippen LogP contribution < -0.4 is 0 Å². The first-order valence-electron chi connectivity index (χ1n) is 4.07. The van der Waals surface area contributed by atoms with Crippen molar-refractivity contribution in [1.29, 1.82) is 0 Å². The van der Waals surface area contributed by atoms with Gasteiger partial charge in [-0.05, 0) is 44.0 Å². The molecule has 1 heterocycles. The van der Waals surface area contributed by atoms with Crippen molar-refractivity contribution in [2.24, 2.45) is 0 Å². The molecule has 0 amide bonds. The summed E-state index contributed by atoms with van der Waals surface area (Å²) in [7, 11) is 0. The molecule has 76 valence electrons. The molecule has 0 bridgehead atoms. The van der Waals surface area contributed by atoms with E-state index in [4.69, 9.17) is 0 Å². The summed E-state index contributed by atoms with van der Waals surface area (Å²) in [6.45, 7) is 0. The van der Waals surface area contributed by atoms with Crippen LogP contribution in [0.5, 0.6) is 0 Å². The van der Waals surface area contributed by atoms with Crippen molar-refractivity contribution in [1.82, 2.24) is 4.98 Å². The molecule has 5 heteroatoms. The molecule has 0 fully saturated rings. The van der Waals surface area contributed by atoms with Crippen molar-refractivity contribution < 1.29 is 4.79 Å². The molecule has 0 aliphatic heterocycles. The van der Waals surface area contributed by atoms with E-state index in [0.717, 1.165) is 25.8 Å². The maximum atomic E-state index is 10.5. The first-order chi connectivity index (χ1) is 7.20. The molecule has 15 heavy (non-hydrogen) atoms. The van der Waals surface area contributed by atoms with Gasteiger partial charge in [-0.3, -0.25) is 4.79 Å². The van der Waals surface area contributed by atoms with Crippen molar-refractivity contribution in [2.45, 2.75) is 0 Å². The number of nitrogens with zero attached hydrogens (tertiary/aromatic N) is 1. The standard InChI is InChI=1S/C10H5Br2NOS/c11-8-2-1-6(3-9(8)12)10-13-4-7(5-14)15-10/h1-5H. The van der Waals surface area contributed by atoms with Gasteiger partial charge in [0.1, 0.15) is 5.01 Å². The van der Waals surface area contributed by atoms with Crippen molar-refractivity contribution in [2.75, 3.05) is 0 Å². The minimum Gasteiger partial charge on any atom is -0.297 e. The largest absolute Gasteiger partial charge is 0.297 e. The highest BCUT2D eigenvalue weighted by Crippen LogP contribution is 2.30. The third kappa shape index (κ3) is 2.35. The summed E-state index contributed by atoms with van der Waals surface area (Å²) in [6.07, 6.45) is 2.40. The number of aldehydes is 1. The summed E-state index contributed by atoms with van der Waals surface area (Å²) in [5.74, 6) is 0. The van der Waals surface area contributed by atoms with Crippen LogP contribution in [0.25, 0.3) is 10.6 Å². The molecular weight excluding hydrogens is 342 g/mol. The van der Waals surface area contributed by atoms with E-state index in [2.05, 4.69) is 36.8 Å². The molecule has 0 aliphatic rings. The quantitative estimate of drug-likeness (QED) is 0.764. The topological polar surface area (TPSA) is 30.0 Å². The van der Waals surface area contributed by atoms with Gasteiger partial charge in [-0.15, -0.1) is 11.3 Å². The number of hydrogen-bond acceptors (Lipinski definition) is 3. The zero-order valence-electron chi connectivity index (χ0n) is 7.41. The molecule has 2 rings (SSSR count).